The molecule has 7 heteroatoms. The van der Waals surface area contributed by atoms with Gasteiger partial charge in [0.1, 0.15) is 24.5 Å². The molecule has 0 fully saturated rings. The molecule has 0 bridgehead atoms. The molecule has 0 radical (unpaired) electrons. The molecule has 2 aromatic carbocycles. The molecule has 1 aromatic heterocycles. The van der Waals surface area contributed by atoms with Crippen LogP contribution in [0.25, 0.3) is 11.0 Å². The summed E-state index contributed by atoms with van der Waals surface area (Å²) in [6, 6.07) is 10.8. The maximum absolute atomic E-state index is 12.3. The minimum Gasteiger partial charge on any atom is -0.486 e. The van der Waals surface area contributed by atoms with Crippen LogP contribution in [0, 0.1) is 0 Å². The SMILES string of the molecule is O=C(CSc1ccc2c(c1)OCCO2)Oc1ccc2c3c(c(=O)oc2c1)CCC3. The molecule has 3 aromatic rings. The summed E-state index contributed by atoms with van der Waals surface area (Å²) in [7, 11) is 0. The highest BCUT2D eigenvalue weighted by Gasteiger charge is 2.20. The Hall–Kier alpha value is -2.93. The molecule has 0 saturated carbocycles. The standard InChI is InChI=1S/C22H18O6S/c23-21(12-29-14-5-7-18-20(11-14)26-9-8-25-18)27-13-4-6-16-15-2-1-3-17(15)22(24)28-19(16)10-13/h4-7,10-11H,1-3,8-9,12H2. The molecule has 5 rings (SSSR count). The highest BCUT2D eigenvalue weighted by Crippen LogP contribution is 2.34. The maximum Gasteiger partial charge on any atom is 0.339 e. The third-order valence-corrected chi connectivity index (χ3v) is 6.01. The molecule has 6 nitrogen and oxygen atoms in total. The molecule has 0 amide bonds. The highest BCUT2D eigenvalue weighted by atomic mass is 32.2. The van der Waals surface area contributed by atoms with Crippen LogP contribution in [0.2, 0.25) is 0 Å². The maximum atomic E-state index is 12.3. The monoisotopic (exact) mass is 410 g/mol. The molecule has 0 spiro atoms. The Labute approximate surface area is 170 Å². The fraction of sp³-hybridized carbons (Fsp3) is 0.273. The van der Waals surface area contributed by atoms with Gasteiger partial charge in [-0.3, -0.25) is 4.79 Å². The quantitative estimate of drug-likeness (QED) is 0.281. The third-order valence-electron chi connectivity index (χ3n) is 5.05. The molecule has 0 atom stereocenters. The van der Waals surface area contributed by atoms with Gasteiger partial charge < -0.3 is 18.6 Å². The van der Waals surface area contributed by atoms with E-state index >= 15 is 0 Å². The first kappa shape index (κ1) is 18.1. The van der Waals surface area contributed by atoms with Crippen LogP contribution >= 0.6 is 11.8 Å². The second-order valence-corrected chi connectivity index (χ2v) is 7.98. The number of hydrogen-bond acceptors (Lipinski definition) is 7. The number of carbonyl (C=O) groups is 1. The van der Waals surface area contributed by atoms with Crippen LogP contribution in [0.1, 0.15) is 17.5 Å². The van der Waals surface area contributed by atoms with Gasteiger partial charge in [-0.05, 0) is 55.2 Å². The lowest BCUT2D eigenvalue weighted by molar-refractivity contribution is -0.131. The second-order valence-electron chi connectivity index (χ2n) is 6.93. The van der Waals surface area contributed by atoms with E-state index in [4.69, 9.17) is 18.6 Å². The molecule has 0 unspecified atom stereocenters. The Morgan fingerprint density at radius 3 is 2.72 bits per heavy atom. The van der Waals surface area contributed by atoms with E-state index in [1.165, 1.54) is 11.8 Å². The Balaban J connectivity index is 1.28. The van der Waals surface area contributed by atoms with Gasteiger partial charge in [0.25, 0.3) is 0 Å². The second kappa shape index (κ2) is 7.48. The van der Waals surface area contributed by atoms with E-state index in [0.717, 1.165) is 40.7 Å². The van der Waals surface area contributed by atoms with Crippen LogP contribution in [0.5, 0.6) is 17.2 Å². The van der Waals surface area contributed by atoms with Gasteiger partial charge in [0.15, 0.2) is 11.5 Å². The number of aryl methyl sites for hydroxylation is 1. The molecule has 148 valence electrons. The van der Waals surface area contributed by atoms with Gasteiger partial charge in [-0.25, -0.2) is 4.79 Å². The van der Waals surface area contributed by atoms with Gasteiger partial charge in [0.05, 0.1) is 5.75 Å². The van der Waals surface area contributed by atoms with Gasteiger partial charge in [-0.2, -0.15) is 0 Å². The van der Waals surface area contributed by atoms with Crippen molar-refractivity contribution < 1.29 is 23.4 Å². The van der Waals surface area contributed by atoms with Crippen molar-refractivity contribution in [2.75, 3.05) is 19.0 Å². The minimum absolute atomic E-state index is 0.145. The summed E-state index contributed by atoms with van der Waals surface area (Å²) >= 11 is 1.36. The smallest absolute Gasteiger partial charge is 0.339 e. The first-order valence-electron chi connectivity index (χ1n) is 9.49. The summed E-state index contributed by atoms with van der Waals surface area (Å²) in [5, 5.41) is 0.919. The number of fused-ring (bicyclic) bond motifs is 4. The van der Waals surface area contributed by atoms with Crippen LogP contribution in [0.15, 0.2) is 50.5 Å². The number of carbonyl (C=O) groups excluding carboxylic acids is 1. The van der Waals surface area contributed by atoms with Gasteiger partial charge in [-0.15, -0.1) is 11.8 Å². The lowest BCUT2D eigenvalue weighted by Crippen LogP contribution is -2.15. The van der Waals surface area contributed by atoms with Crippen molar-refractivity contribution in [1.29, 1.82) is 0 Å². The summed E-state index contributed by atoms with van der Waals surface area (Å²) in [6.45, 7) is 1.06. The van der Waals surface area contributed by atoms with Gasteiger partial charge in [0.2, 0.25) is 0 Å². The third kappa shape index (κ3) is 3.58. The Kier molecular flexibility index (Phi) is 4.67. The zero-order valence-electron chi connectivity index (χ0n) is 15.6. The molecule has 1 aliphatic heterocycles. The molecule has 0 saturated heterocycles. The molecule has 29 heavy (non-hydrogen) atoms. The number of benzene rings is 2. The first-order valence-corrected chi connectivity index (χ1v) is 10.5. The minimum atomic E-state index is -0.382. The number of esters is 1. The van der Waals surface area contributed by atoms with E-state index in [1.54, 1.807) is 12.1 Å². The molecular weight excluding hydrogens is 392 g/mol. The molecule has 2 heterocycles. The van der Waals surface area contributed by atoms with E-state index < -0.39 is 0 Å². The molecule has 2 aliphatic rings. The van der Waals surface area contributed by atoms with Crippen molar-refractivity contribution >= 4 is 28.7 Å². The number of rotatable bonds is 4. The van der Waals surface area contributed by atoms with E-state index in [-0.39, 0.29) is 17.3 Å². The number of thioether (sulfide) groups is 1. The van der Waals surface area contributed by atoms with Gasteiger partial charge in [0, 0.05) is 21.9 Å². The lowest BCUT2D eigenvalue weighted by atomic mass is 10.1. The average Bonchev–Trinajstić information content (AvgIpc) is 3.23. The van der Waals surface area contributed by atoms with Crippen molar-refractivity contribution in [3.63, 3.8) is 0 Å². The van der Waals surface area contributed by atoms with Crippen LogP contribution in [0.4, 0.5) is 0 Å². The lowest BCUT2D eigenvalue weighted by Gasteiger charge is -2.18. The molecular formula is C22H18O6S. The van der Waals surface area contributed by atoms with Crippen molar-refractivity contribution in [3.05, 3.63) is 57.9 Å². The van der Waals surface area contributed by atoms with Gasteiger partial charge in [-0.1, -0.05) is 0 Å². The zero-order chi connectivity index (χ0) is 19.8. The predicted molar refractivity (Wildman–Crippen MR) is 108 cm³/mol. The number of hydrogen-bond donors (Lipinski definition) is 0. The summed E-state index contributed by atoms with van der Waals surface area (Å²) in [5.74, 6) is 1.53. The van der Waals surface area contributed by atoms with Crippen LogP contribution < -0.4 is 19.8 Å². The van der Waals surface area contributed by atoms with Gasteiger partial charge >= 0.3 is 11.6 Å². The fourth-order valence-electron chi connectivity index (χ4n) is 3.74. The zero-order valence-corrected chi connectivity index (χ0v) is 16.4. The summed E-state index contributed by atoms with van der Waals surface area (Å²) in [4.78, 5) is 25.3. The van der Waals surface area contributed by atoms with E-state index in [9.17, 15) is 9.59 Å². The van der Waals surface area contributed by atoms with Crippen LogP contribution in [0.3, 0.4) is 0 Å². The Morgan fingerprint density at radius 2 is 1.83 bits per heavy atom. The van der Waals surface area contributed by atoms with E-state index in [1.807, 2.05) is 24.3 Å². The largest absolute Gasteiger partial charge is 0.486 e. The number of ether oxygens (including phenoxy) is 3. The van der Waals surface area contributed by atoms with E-state index in [2.05, 4.69) is 0 Å². The molecule has 1 aliphatic carbocycles. The Morgan fingerprint density at radius 1 is 1.00 bits per heavy atom. The fourth-order valence-corrected chi connectivity index (χ4v) is 4.44. The van der Waals surface area contributed by atoms with Crippen LogP contribution in [-0.2, 0) is 17.6 Å². The summed E-state index contributed by atoms with van der Waals surface area (Å²) in [5.41, 5.74) is 2.00. The topological polar surface area (TPSA) is 75.0 Å². The van der Waals surface area contributed by atoms with Crippen molar-refractivity contribution in [1.82, 2.24) is 0 Å². The van der Waals surface area contributed by atoms with E-state index in [0.29, 0.717) is 36.0 Å². The van der Waals surface area contributed by atoms with Crippen molar-refractivity contribution in [2.45, 2.75) is 24.2 Å². The summed E-state index contributed by atoms with van der Waals surface area (Å²) < 4.78 is 21.9. The average molecular weight is 410 g/mol. The van der Waals surface area contributed by atoms with Crippen LogP contribution in [-0.4, -0.2) is 24.9 Å². The first-order chi connectivity index (χ1) is 14.2. The molecule has 0 N–H and O–H groups in total. The Bertz CT molecular complexity index is 1170. The highest BCUT2D eigenvalue weighted by molar-refractivity contribution is 8.00. The summed E-state index contributed by atoms with van der Waals surface area (Å²) in [6.07, 6.45) is 2.61. The van der Waals surface area contributed by atoms with Crippen molar-refractivity contribution in [2.24, 2.45) is 0 Å². The normalized spacial score (nSPS) is 14.6. The van der Waals surface area contributed by atoms with Crippen molar-refractivity contribution in [3.8, 4) is 17.2 Å². The predicted octanol–water partition coefficient (Wildman–Crippen LogP) is 3.75.